The minimum atomic E-state index is 0.0439. The number of rotatable bonds is 4. The maximum atomic E-state index is 11.9. The molecule has 0 unspecified atom stereocenters. The Labute approximate surface area is 108 Å². The molecule has 0 fully saturated rings. The summed E-state index contributed by atoms with van der Waals surface area (Å²) in [7, 11) is 0. The fourth-order valence-corrected chi connectivity index (χ4v) is 1.90. The van der Waals surface area contributed by atoms with E-state index in [4.69, 9.17) is 0 Å². The lowest BCUT2D eigenvalue weighted by Crippen LogP contribution is -2.28. The molecule has 0 aliphatic rings. The van der Waals surface area contributed by atoms with Gasteiger partial charge in [-0.1, -0.05) is 60.7 Å². The molecule has 0 heterocycles. The number of carbonyl (C=O) groups is 1. The van der Waals surface area contributed by atoms with Crippen LogP contribution in [0.15, 0.2) is 60.7 Å². The summed E-state index contributed by atoms with van der Waals surface area (Å²) in [6.45, 7) is 2.00. The van der Waals surface area contributed by atoms with E-state index in [2.05, 4.69) is 5.32 Å². The van der Waals surface area contributed by atoms with Gasteiger partial charge in [0, 0.05) is 0 Å². The van der Waals surface area contributed by atoms with Gasteiger partial charge in [0.1, 0.15) is 0 Å². The average Bonchev–Trinajstić information content (AvgIpc) is 2.40. The van der Waals surface area contributed by atoms with Crippen molar-refractivity contribution in [3.05, 3.63) is 71.8 Å². The first-order valence-corrected chi connectivity index (χ1v) is 6.14. The van der Waals surface area contributed by atoms with Crippen molar-refractivity contribution >= 4 is 5.91 Å². The molecule has 2 aromatic rings. The highest BCUT2D eigenvalue weighted by Gasteiger charge is 2.09. The van der Waals surface area contributed by atoms with E-state index in [1.807, 2.05) is 67.6 Å². The molecule has 0 saturated heterocycles. The van der Waals surface area contributed by atoms with Crippen LogP contribution in [0.3, 0.4) is 0 Å². The molecule has 0 aliphatic carbocycles. The Morgan fingerprint density at radius 3 is 2.17 bits per heavy atom. The van der Waals surface area contributed by atoms with E-state index >= 15 is 0 Å². The molecule has 0 bridgehead atoms. The first-order chi connectivity index (χ1) is 8.75. The van der Waals surface area contributed by atoms with Gasteiger partial charge in [0.2, 0.25) is 5.91 Å². The van der Waals surface area contributed by atoms with Gasteiger partial charge < -0.3 is 5.32 Å². The normalized spacial score (nSPS) is 11.8. The summed E-state index contributed by atoms with van der Waals surface area (Å²) in [5.74, 6) is 0.0533. The first-order valence-electron chi connectivity index (χ1n) is 6.14. The van der Waals surface area contributed by atoms with Crippen LogP contribution in [-0.2, 0) is 11.2 Å². The van der Waals surface area contributed by atoms with Gasteiger partial charge >= 0.3 is 0 Å². The SMILES string of the molecule is C[C@H](NC(=O)Cc1ccccc1)c1ccccc1. The fourth-order valence-electron chi connectivity index (χ4n) is 1.90. The molecule has 2 aromatic carbocycles. The second-order valence-corrected chi connectivity index (χ2v) is 4.36. The van der Waals surface area contributed by atoms with Crippen molar-refractivity contribution in [2.24, 2.45) is 0 Å². The Hall–Kier alpha value is -2.09. The van der Waals surface area contributed by atoms with Gasteiger partial charge in [0.15, 0.2) is 0 Å². The van der Waals surface area contributed by atoms with Gasteiger partial charge in [-0.3, -0.25) is 4.79 Å². The fraction of sp³-hybridized carbons (Fsp3) is 0.188. The van der Waals surface area contributed by atoms with Crippen LogP contribution in [0.25, 0.3) is 0 Å². The quantitative estimate of drug-likeness (QED) is 0.872. The third kappa shape index (κ3) is 3.45. The van der Waals surface area contributed by atoms with Crippen LogP contribution < -0.4 is 5.32 Å². The van der Waals surface area contributed by atoms with Gasteiger partial charge in [0.25, 0.3) is 0 Å². The summed E-state index contributed by atoms with van der Waals surface area (Å²) in [5, 5.41) is 3.01. The Balaban J connectivity index is 1.92. The molecule has 92 valence electrons. The second-order valence-electron chi connectivity index (χ2n) is 4.36. The van der Waals surface area contributed by atoms with E-state index in [0.717, 1.165) is 11.1 Å². The molecule has 1 amide bonds. The number of hydrogen-bond donors (Lipinski definition) is 1. The maximum absolute atomic E-state index is 11.9. The van der Waals surface area contributed by atoms with Crippen LogP contribution in [0.4, 0.5) is 0 Å². The third-order valence-corrected chi connectivity index (χ3v) is 2.88. The van der Waals surface area contributed by atoms with E-state index < -0.39 is 0 Å². The summed E-state index contributed by atoms with van der Waals surface area (Å²) in [4.78, 5) is 11.9. The Kier molecular flexibility index (Phi) is 4.13. The molecule has 0 aliphatic heterocycles. The molecular weight excluding hydrogens is 222 g/mol. The standard InChI is InChI=1S/C16H17NO/c1-13(15-10-6-3-7-11-15)17-16(18)12-14-8-4-2-5-9-14/h2-11,13H,12H2,1H3,(H,17,18)/t13-/m0/s1. The number of nitrogens with one attached hydrogen (secondary N) is 1. The van der Waals surface area contributed by atoms with Crippen molar-refractivity contribution < 1.29 is 4.79 Å². The molecule has 2 rings (SSSR count). The van der Waals surface area contributed by atoms with Crippen molar-refractivity contribution in [1.82, 2.24) is 5.32 Å². The van der Waals surface area contributed by atoms with Gasteiger partial charge in [-0.15, -0.1) is 0 Å². The minimum absolute atomic E-state index is 0.0439. The lowest BCUT2D eigenvalue weighted by atomic mass is 10.1. The van der Waals surface area contributed by atoms with Gasteiger partial charge in [-0.25, -0.2) is 0 Å². The minimum Gasteiger partial charge on any atom is -0.349 e. The summed E-state index contributed by atoms with van der Waals surface area (Å²) in [5.41, 5.74) is 2.16. The zero-order valence-electron chi connectivity index (χ0n) is 10.5. The van der Waals surface area contributed by atoms with E-state index in [9.17, 15) is 4.79 Å². The van der Waals surface area contributed by atoms with Crippen molar-refractivity contribution in [2.45, 2.75) is 19.4 Å². The Bertz CT molecular complexity index is 493. The van der Waals surface area contributed by atoms with E-state index in [-0.39, 0.29) is 11.9 Å². The number of benzene rings is 2. The summed E-state index contributed by atoms with van der Waals surface area (Å²) >= 11 is 0. The van der Waals surface area contributed by atoms with Crippen molar-refractivity contribution in [1.29, 1.82) is 0 Å². The molecule has 1 atom stereocenters. The molecule has 0 radical (unpaired) electrons. The van der Waals surface area contributed by atoms with Crippen molar-refractivity contribution in [3.63, 3.8) is 0 Å². The molecule has 2 nitrogen and oxygen atoms in total. The summed E-state index contributed by atoms with van der Waals surface area (Å²) < 4.78 is 0. The second kappa shape index (κ2) is 6.01. The first kappa shape index (κ1) is 12.4. The van der Waals surface area contributed by atoms with Crippen molar-refractivity contribution in [3.8, 4) is 0 Å². The molecule has 0 saturated carbocycles. The van der Waals surface area contributed by atoms with Crippen LogP contribution in [0.5, 0.6) is 0 Å². The topological polar surface area (TPSA) is 29.1 Å². The van der Waals surface area contributed by atoms with Crippen LogP contribution in [0, 0.1) is 0 Å². The molecule has 18 heavy (non-hydrogen) atoms. The van der Waals surface area contributed by atoms with E-state index in [1.165, 1.54) is 0 Å². The monoisotopic (exact) mass is 239 g/mol. The molecule has 1 N–H and O–H groups in total. The van der Waals surface area contributed by atoms with Crippen molar-refractivity contribution in [2.75, 3.05) is 0 Å². The van der Waals surface area contributed by atoms with Crippen LogP contribution in [0.1, 0.15) is 24.1 Å². The van der Waals surface area contributed by atoms with Gasteiger partial charge in [0.05, 0.1) is 12.5 Å². The van der Waals surface area contributed by atoms with E-state index in [0.29, 0.717) is 6.42 Å². The number of hydrogen-bond acceptors (Lipinski definition) is 1. The maximum Gasteiger partial charge on any atom is 0.224 e. The zero-order valence-corrected chi connectivity index (χ0v) is 10.5. The van der Waals surface area contributed by atoms with Crippen LogP contribution in [-0.4, -0.2) is 5.91 Å². The highest BCUT2D eigenvalue weighted by atomic mass is 16.1. The average molecular weight is 239 g/mol. The van der Waals surface area contributed by atoms with Gasteiger partial charge in [-0.05, 0) is 18.1 Å². The predicted molar refractivity (Wildman–Crippen MR) is 73.1 cm³/mol. The third-order valence-electron chi connectivity index (χ3n) is 2.88. The molecular formula is C16H17NO. The smallest absolute Gasteiger partial charge is 0.224 e. The molecule has 0 aromatic heterocycles. The number of amides is 1. The van der Waals surface area contributed by atoms with E-state index in [1.54, 1.807) is 0 Å². The number of carbonyl (C=O) groups excluding carboxylic acids is 1. The highest BCUT2D eigenvalue weighted by Crippen LogP contribution is 2.11. The highest BCUT2D eigenvalue weighted by molar-refractivity contribution is 5.78. The lowest BCUT2D eigenvalue weighted by molar-refractivity contribution is -0.121. The van der Waals surface area contributed by atoms with Crippen LogP contribution >= 0.6 is 0 Å². The van der Waals surface area contributed by atoms with Crippen LogP contribution in [0.2, 0.25) is 0 Å². The largest absolute Gasteiger partial charge is 0.349 e. The van der Waals surface area contributed by atoms with Gasteiger partial charge in [-0.2, -0.15) is 0 Å². The lowest BCUT2D eigenvalue weighted by Gasteiger charge is -2.14. The zero-order chi connectivity index (χ0) is 12.8. The molecule has 2 heteroatoms. The Morgan fingerprint density at radius 2 is 1.56 bits per heavy atom. The summed E-state index contributed by atoms with van der Waals surface area (Å²) in [6, 6.07) is 19.8. The Morgan fingerprint density at radius 1 is 1.00 bits per heavy atom. The molecule has 0 spiro atoms. The predicted octanol–water partition coefficient (Wildman–Crippen LogP) is 3.11. The summed E-state index contributed by atoms with van der Waals surface area (Å²) in [6.07, 6.45) is 0.429.